The van der Waals surface area contributed by atoms with E-state index in [0.29, 0.717) is 35.3 Å². The highest BCUT2D eigenvalue weighted by atomic mass is 32.2. The highest BCUT2D eigenvalue weighted by Crippen LogP contribution is 2.31. The average molecular weight is 374 g/mol. The van der Waals surface area contributed by atoms with Crippen LogP contribution < -0.4 is 0 Å². The Balaban J connectivity index is 1.82. The number of allylic oxidation sites excluding steroid dienone is 1. The molecule has 0 bridgehead atoms. The lowest BCUT2D eigenvalue weighted by atomic mass is 10.1. The molecule has 8 heteroatoms. The minimum absolute atomic E-state index is 0.113. The molecule has 1 unspecified atom stereocenters. The highest BCUT2D eigenvalue weighted by Gasteiger charge is 2.33. The topological polar surface area (TPSA) is 88.6 Å². The van der Waals surface area contributed by atoms with Crippen molar-refractivity contribution in [2.45, 2.75) is 29.8 Å². The van der Waals surface area contributed by atoms with Crippen LogP contribution in [0.4, 0.5) is 0 Å². The number of aromatic nitrogens is 3. The largest absolute Gasteiger partial charge is 0.302 e. The van der Waals surface area contributed by atoms with Crippen molar-refractivity contribution >= 4 is 21.6 Å². The summed E-state index contributed by atoms with van der Waals surface area (Å²) < 4.78 is 25.4. The van der Waals surface area contributed by atoms with Crippen molar-refractivity contribution in [3.8, 4) is 6.07 Å². The highest BCUT2D eigenvalue weighted by molar-refractivity contribution is 7.98. The molecule has 2 heterocycles. The van der Waals surface area contributed by atoms with Gasteiger partial charge in [-0.15, -0.1) is 16.8 Å². The lowest BCUT2D eigenvalue weighted by Crippen LogP contribution is -2.11. The Kier molecular flexibility index (Phi) is 5.25. The van der Waals surface area contributed by atoms with E-state index in [2.05, 4.69) is 22.8 Å². The van der Waals surface area contributed by atoms with Crippen molar-refractivity contribution in [1.29, 1.82) is 5.26 Å². The first-order valence-electron chi connectivity index (χ1n) is 7.89. The molecular formula is C17H18N4O2S2. The molecule has 130 valence electrons. The predicted molar refractivity (Wildman–Crippen MR) is 96.9 cm³/mol. The molecule has 0 N–H and O–H groups in total. The Morgan fingerprint density at radius 1 is 1.40 bits per heavy atom. The van der Waals surface area contributed by atoms with Crippen LogP contribution in [0.25, 0.3) is 0 Å². The van der Waals surface area contributed by atoms with Crippen LogP contribution in [0.1, 0.15) is 29.3 Å². The van der Waals surface area contributed by atoms with E-state index in [1.165, 1.54) is 11.8 Å². The van der Waals surface area contributed by atoms with Crippen molar-refractivity contribution < 1.29 is 8.42 Å². The Labute approximate surface area is 151 Å². The molecule has 2 aromatic rings. The molecular weight excluding hydrogens is 356 g/mol. The molecule has 1 aromatic carbocycles. The summed E-state index contributed by atoms with van der Waals surface area (Å²) in [5.74, 6) is 1.53. The third-order valence-corrected chi connectivity index (χ3v) is 6.93. The molecule has 1 atom stereocenters. The fourth-order valence-electron chi connectivity index (χ4n) is 2.91. The van der Waals surface area contributed by atoms with Crippen LogP contribution in [-0.4, -0.2) is 34.7 Å². The number of benzene rings is 1. The molecule has 0 radical (unpaired) electrons. The van der Waals surface area contributed by atoms with Gasteiger partial charge in [-0.05, 0) is 18.1 Å². The van der Waals surface area contributed by atoms with Crippen molar-refractivity contribution in [3.05, 3.63) is 53.9 Å². The normalized spacial score (nSPS) is 18.8. The summed E-state index contributed by atoms with van der Waals surface area (Å²) >= 11 is 1.49. The van der Waals surface area contributed by atoms with Crippen molar-refractivity contribution in [1.82, 2.24) is 14.8 Å². The minimum Gasteiger partial charge on any atom is -0.302 e. The fraction of sp³-hybridized carbons (Fsp3) is 0.353. The first kappa shape index (κ1) is 17.7. The van der Waals surface area contributed by atoms with Gasteiger partial charge in [0.25, 0.3) is 0 Å². The maximum atomic E-state index is 11.8. The van der Waals surface area contributed by atoms with Crippen LogP contribution >= 0.6 is 11.8 Å². The average Bonchev–Trinajstić information content (AvgIpc) is 3.16. The maximum absolute atomic E-state index is 11.8. The lowest BCUT2D eigenvalue weighted by molar-refractivity contribution is 0.597. The zero-order valence-corrected chi connectivity index (χ0v) is 15.3. The molecule has 0 aliphatic carbocycles. The third kappa shape index (κ3) is 3.94. The van der Waals surface area contributed by atoms with Gasteiger partial charge in [-0.2, -0.15) is 5.26 Å². The summed E-state index contributed by atoms with van der Waals surface area (Å²) in [6.45, 7) is 4.30. The van der Waals surface area contributed by atoms with E-state index in [-0.39, 0.29) is 17.4 Å². The van der Waals surface area contributed by atoms with E-state index in [0.717, 1.165) is 5.56 Å². The minimum atomic E-state index is -2.98. The van der Waals surface area contributed by atoms with E-state index < -0.39 is 9.84 Å². The standard InChI is InChI=1S/C17H18N4O2S2/c1-2-8-21-16(15-7-9-25(22,23)12-15)19-20-17(21)24-11-14-6-4-3-5-13(14)10-18/h2-6,15H,1,7-9,11-12H2. The smallest absolute Gasteiger partial charge is 0.191 e. The molecule has 0 amide bonds. The van der Waals surface area contributed by atoms with Crippen LogP contribution in [0.2, 0.25) is 0 Å². The second-order valence-corrected chi connectivity index (χ2v) is 9.07. The summed E-state index contributed by atoms with van der Waals surface area (Å²) in [5, 5.41) is 18.4. The van der Waals surface area contributed by atoms with Gasteiger partial charge in [0.1, 0.15) is 5.82 Å². The predicted octanol–water partition coefficient (Wildman–Crippen LogP) is 2.53. The summed E-state index contributed by atoms with van der Waals surface area (Å²) in [6.07, 6.45) is 2.34. The molecule has 3 rings (SSSR count). The quantitative estimate of drug-likeness (QED) is 0.570. The van der Waals surface area contributed by atoms with E-state index in [1.807, 2.05) is 22.8 Å². The first-order valence-corrected chi connectivity index (χ1v) is 10.7. The van der Waals surface area contributed by atoms with E-state index in [1.54, 1.807) is 12.1 Å². The van der Waals surface area contributed by atoms with Crippen LogP contribution in [-0.2, 0) is 22.1 Å². The van der Waals surface area contributed by atoms with Gasteiger partial charge in [0.2, 0.25) is 0 Å². The SMILES string of the molecule is C=CCn1c(SCc2ccccc2C#N)nnc1C1CCS(=O)(=O)C1. The lowest BCUT2D eigenvalue weighted by Gasteiger charge is -2.11. The monoisotopic (exact) mass is 374 g/mol. The summed E-state index contributed by atoms with van der Waals surface area (Å²) in [6, 6.07) is 9.64. The van der Waals surface area contributed by atoms with Gasteiger partial charge in [0, 0.05) is 18.2 Å². The summed E-state index contributed by atoms with van der Waals surface area (Å²) in [4.78, 5) is 0. The Hall–Kier alpha value is -2.11. The molecule has 1 aliphatic heterocycles. The Morgan fingerprint density at radius 3 is 2.88 bits per heavy atom. The number of hydrogen-bond acceptors (Lipinski definition) is 6. The first-order chi connectivity index (χ1) is 12.0. The molecule has 1 fully saturated rings. The van der Waals surface area contributed by atoms with E-state index >= 15 is 0 Å². The number of sulfone groups is 1. The summed E-state index contributed by atoms with van der Waals surface area (Å²) in [5.41, 5.74) is 1.58. The zero-order valence-electron chi connectivity index (χ0n) is 13.6. The third-order valence-electron chi connectivity index (χ3n) is 4.15. The van der Waals surface area contributed by atoms with Crippen LogP contribution in [0.3, 0.4) is 0 Å². The van der Waals surface area contributed by atoms with Gasteiger partial charge in [0.15, 0.2) is 15.0 Å². The molecule has 6 nitrogen and oxygen atoms in total. The van der Waals surface area contributed by atoms with Crippen LogP contribution in [0, 0.1) is 11.3 Å². The van der Waals surface area contributed by atoms with Crippen molar-refractivity contribution in [2.75, 3.05) is 11.5 Å². The second kappa shape index (κ2) is 7.42. The van der Waals surface area contributed by atoms with Gasteiger partial charge in [-0.1, -0.05) is 36.0 Å². The molecule has 0 spiro atoms. The maximum Gasteiger partial charge on any atom is 0.191 e. The van der Waals surface area contributed by atoms with Gasteiger partial charge >= 0.3 is 0 Å². The molecule has 1 saturated heterocycles. The molecule has 25 heavy (non-hydrogen) atoms. The molecule has 1 aliphatic rings. The van der Waals surface area contributed by atoms with Crippen LogP contribution in [0.15, 0.2) is 42.1 Å². The van der Waals surface area contributed by atoms with Gasteiger partial charge < -0.3 is 4.57 Å². The van der Waals surface area contributed by atoms with Gasteiger partial charge in [-0.3, -0.25) is 0 Å². The zero-order chi connectivity index (χ0) is 17.9. The fourth-order valence-corrected chi connectivity index (χ4v) is 5.60. The molecule has 1 aromatic heterocycles. The molecule has 0 saturated carbocycles. The number of rotatable bonds is 6. The Bertz CT molecular complexity index is 928. The van der Waals surface area contributed by atoms with Gasteiger partial charge in [0.05, 0.1) is 23.1 Å². The van der Waals surface area contributed by atoms with Crippen molar-refractivity contribution in [2.24, 2.45) is 0 Å². The number of thioether (sulfide) groups is 1. The second-order valence-electron chi connectivity index (χ2n) is 5.90. The number of nitriles is 1. The van der Waals surface area contributed by atoms with E-state index in [4.69, 9.17) is 0 Å². The van der Waals surface area contributed by atoms with Crippen molar-refractivity contribution in [3.63, 3.8) is 0 Å². The number of hydrogen-bond donors (Lipinski definition) is 0. The number of nitrogens with zero attached hydrogens (tertiary/aromatic N) is 4. The Morgan fingerprint density at radius 2 is 2.20 bits per heavy atom. The van der Waals surface area contributed by atoms with Crippen LogP contribution in [0.5, 0.6) is 0 Å². The summed E-state index contributed by atoms with van der Waals surface area (Å²) in [7, 11) is -2.98. The van der Waals surface area contributed by atoms with Gasteiger partial charge in [-0.25, -0.2) is 8.42 Å². The van der Waals surface area contributed by atoms with E-state index in [9.17, 15) is 13.7 Å².